The van der Waals surface area contributed by atoms with Gasteiger partial charge in [-0.3, -0.25) is 0 Å². The Morgan fingerprint density at radius 3 is 2.05 bits per heavy atom. The van der Waals surface area contributed by atoms with E-state index in [1.807, 2.05) is 0 Å². The molecule has 0 N–H and O–H groups in total. The Balaban J connectivity index is 2.35. The van der Waals surface area contributed by atoms with Crippen LogP contribution in [0, 0.1) is 0 Å². The van der Waals surface area contributed by atoms with Crippen LogP contribution in [0.1, 0.15) is 0 Å². The molecule has 92 valence electrons. The monoisotopic (exact) mass is 436 g/mol. The first-order chi connectivity index (χ1) is 9.20. The second-order valence-corrected chi connectivity index (χ2v) is 6.97. The second kappa shape index (κ2) is 4.18. The van der Waals surface area contributed by atoms with E-state index < -0.39 is 0 Å². The predicted octanol–water partition coefficient (Wildman–Crippen LogP) is 6.77. The summed E-state index contributed by atoms with van der Waals surface area (Å²) in [7, 11) is 0. The molecule has 0 unspecified atom stereocenters. The molecule has 0 amide bonds. The summed E-state index contributed by atoms with van der Waals surface area (Å²) < 4.78 is 3.29. The lowest BCUT2D eigenvalue weighted by Crippen LogP contribution is -1.83. The van der Waals surface area contributed by atoms with E-state index in [1.54, 1.807) is 0 Å². The van der Waals surface area contributed by atoms with Crippen molar-refractivity contribution in [3.63, 3.8) is 0 Å². The maximum absolute atomic E-state index is 3.74. The lowest BCUT2D eigenvalue weighted by atomic mass is 10.0. The minimum Gasteiger partial charge on any atom is -0.0616 e. The average molecular weight is 439 g/mol. The summed E-state index contributed by atoms with van der Waals surface area (Å²) in [5, 5.41) is 2.57. The van der Waals surface area contributed by atoms with E-state index >= 15 is 0 Å². The van der Waals surface area contributed by atoms with Gasteiger partial charge in [0.2, 0.25) is 0 Å². The summed E-state index contributed by atoms with van der Waals surface area (Å²) in [5.41, 5.74) is 5.22. The number of fused-ring (bicyclic) bond motifs is 3. The van der Waals surface area contributed by atoms with Crippen LogP contribution in [0.15, 0.2) is 55.9 Å². The molecule has 3 heteroatoms. The molecule has 0 atom stereocenters. The van der Waals surface area contributed by atoms with Gasteiger partial charge in [-0.05, 0) is 75.3 Å². The highest BCUT2D eigenvalue weighted by molar-refractivity contribution is 9.14. The lowest BCUT2D eigenvalue weighted by molar-refractivity contribution is 1.60. The standard InChI is InChI=1S/C16H7Br3/c17-14-11-7-3-6-9-8-4-1-2-5-10(8)13(12(9)11)15(18)16(14)19/h1-7H. The maximum Gasteiger partial charge on any atom is 0.0472 e. The highest BCUT2D eigenvalue weighted by Crippen LogP contribution is 2.54. The third-order valence-corrected chi connectivity index (χ3v) is 7.12. The van der Waals surface area contributed by atoms with Crippen LogP contribution in [-0.2, 0) is 0 Å². The second-order valence-electron chi connectivity index (χ2n) is 4.59. The lowest BCUT2D eigenvalue weighted by Gasteiger charge is -2.10. The molecule has 0 aliphatic heterocycles. The van der Waals surface area contributed by atoms with Crippen LogP contribution < -0.4 is 0 Å². The van der Waals surface area contributed by atoms with Gasteiger partial charge in [-0.25, -0.2) is 0 Å². The van der Waals surface area contributed by atoms with Gasteiger partial charge in [-0.15, -0.1) is 0 Å². The van der Waals surface area contributed by atoms with E-state index in [9.17, 15) is 0 Å². The van der Waals surface area contributed by atoms with Gasteiger partial charge in [-0.2, -0.15) is 0 Å². The van der Waals surface area contributed by atoms with Gasteiger partial charge < -0.3 is 0 Å². The molecule has 3 aromatic carbocycles. The summed E-state index contributed by atoms with van der Waals surface area (Å²) in [6.07, 6.45) is 0. The molecule has 1 aliphatic carbocycles. The third kappa shape index (κ3) is 1.49. The van der Waals surface area contributed by atoms with Crippen LogP contribution in [0.2, 0.25) is 0 Å². The number of hydrogen-bond acceptors (Lipinski definition) is 0. The Bertz CT molecular complexity index is 850. The number of benzene rings is 3. The van der Waals surface area contributed by atoms with Crippen LogP contribution in [0.4, 0.5) is 0 Å². The molecule has 0 saturated heterocycles. The zero-order valence-electron chi connectivity index (χ0n) is 9.68. The molecule has 1 aliphatic rings. The van der Waals surface area contributed by atoms with Crippen LogP contribution in [0.25, 0.3) is 33.0 Å². The van der Waals surface area contributed by atoms with Crippen LogP contribution in [0.5, 0.6) is 0 Å². The van der Waals surface area contributed by atoms with Crippen molar-refractivity contribution in [2.75, 3.05) is 0 Å². The SMILES string of the molecule is Brc1c(Br)c2c3c(cccc3c1Br)-c1ccccc1-2. The van der Waals surface area contributed by atoms with E-state index in [-0.39, 0.29) is 0 Å². The Hall–Kier alpha value is -0.640. The van der Waals surface area contributed by atoms with Gasteiger partial charge in [0.25, 0.3) is 0 Å². The molecular weight excluding hydrogens is 432 g/mol. The van der Waals surface area contributed by atoms with Crippen LogP contribution >= 0.6 is 47.8 Å². The van der Waals surface area contributed by atoms with E-state index in [2.05, 4.69) is 90.3 Å². The van der Waals surface area contributed by atoms with Crippen molar-refractivity contribution >= 4 is 58.6 Å². The number of halogens is 3. The molecule has 0 spiro atoms. The first kappa shape index (κ1) is 12.1. The first-order valence-electron chi connectivity index (χ1n) is 5.89. The summed E-state index contributed by atoms with van der Waals surface area (Å²) in [5.74, 6) is 0. The van der Waals surface area contributed by atoms with Gasteiger partial charge in [0.05, 0.1) is 0 Å². The molecule has 0 saturated carbocycles. The van der Waals surface area contributed by atoms with E-state index in [4.69, 9.17) is 0 Å². The average Bonchev–Trinajstić information content (AvgIpc) is 2.78. The van der Waals surface area contributed by atoms with Gasteiger partial charge in [0.15, 0.2) is 0 Å². The molecule has 3 aromatic rings. The summed E-state index contributed by atoms with van der Waals surface area (Å²) >= 11 is 11.1. The van der Waals surface area contributed by atoms with E-state index in [0.717, 1.165) is 13.4 Å². The molecule has 0 heterocycles. The van der Waals surface area contributed by atoms with Gasteiger partial charge >= 0.3 is 0 Å². The summed E-state index contributed by atoms with van der Waals surface area (Å²) in [6.45, 7) is 0. The maximum atomic E-state index is 3.74. The highest BCUT2D eigenvalue weighted by Gasteiger charge is 2.26. The molecule has 4 rings (SSSR count). The number of rotatable bonds is 0. The largest absolute Gasteiger partial charge is 0.0616 e. The van der Waals surface area contributed by atoms with Crippen molar-refractivity contribution in [2.45, 2.75) is 0 Å². The smallest absolute Gasteiger partial charge is 0.0472 e. The van der Waals surface area contributed by atoms with Crippen LogP contribution in [0.3, 0.4) is 0 Å². The van der Waals surface area contributed by atoms with Crippen LogP contribution in [-0.4, -0.2) is 0 Å². The molecule has 0 fully saturated rings. The number of hydrogen-bond donors (Lipinski definition) is 0. The van der Waals surface area contributed by atoms with E-state index in [0.29, 0.717) is 0 Å². The topological polar surface area (TPSA) is 0 Å². The quantitative estimate of drug-likeness (QED) is 0.265. The van der Waals surface area contributed by atoms with E-state index in [1.165, 1.54) is 33.0 Å². The Labute approximate surface area is 136 Å². The van der Waals surface area contributed by atoms with Crippen molar-refractivity contribution in [2.24, 2.45) is 0 Å². The summed E-state index contributed by atoms with van der Waals surface area (Å²) in [4.78, 5) is 0. The van der Waals surface area contributed by atoms with Crippen molar-refractivity contribution < 1.29 is 0 Å². The Morgan fingerprint density at radius 2 is 1.26 bits per heavy atom. The minimum atomic E-state index is 1.07. The molecule has 0 radical (unpaired) electrons. The molecule has 0 nitrogen and oxygen atoms in total. The Kier molecular flexibility index (Phi) is 2.66. The molecule has 19 heavy (non-hydrogen) atoms. The zero-order chi connectivity index (χ0) is 13.1. The molecule has 0 aromatic heterocycles. The highest BCUT2D eigenvalue weighted by atomic mass is 79.9. The summed E-state index contributed by atoms with van der Waals surface area (Å²) in [6, 6.07) is 15.1. The van der Waals surface area contributed by atoms with Crippen molar-refractivity contribution in [3.05, 3.63) is 55.9 Å². The fourth-order valence-electron chi connectivity index (χ4n) is 2.85. The fourth-order valence-corrected chi connectivity index (χ4v) is 4.67. The fraction of sp³-hybridized carbons (Fsp3) is 0. The van der Waals surface area contributed by atoms with Gasteiger partial charge in [-0.1, -0.05) is 42.5 Å². The third-order valence-electron chi connectivity index (χ3n) is 3.64. The first-order valence-corrected chi connectivity index (χ1v) is 8.27. The van der Waals surface area contributed by atoms with Crippen molar-refractivity contribution in [3.8, 4) is 22.3 Å². The van der Waals surface area contributed by atoms with Crippen molar-refractivity contribution in [1.29, 1.82) is 0 Å². The van der Waals surface area contributed by atoms with Gasteiger partial charge in [0.1, 0.15) is 0 Å². The van der Waals surface area contributed by atoms with Crippen molar-refractivity contribution in [1.82, 2.24) is 0 Å². The normalized spacial score (nSPS) is 11.9. The van der Waals surface area contributed by atoms with Gasteiger partial charge in [0, 0.05) is 19.0 Å². The predicted molar refractivity (Wildman–Crippen MR) is 91.5 cm³/mol. The molecule has 0 bridgehead atoms. The zero-order valence-corrected chi connectivity index (χ0v) is 14.4. The minimum absolute atomic E-state index is 1.07. The Morgan fingerprint density at radius 1 is 0.579 bits per heavy atom. The molecular formula is C16H7Br3.